The average molecular weight is 621 g/mol. The predicted octanol–water partition coefficient (Wildman–Crippen LogP) is 4.74. The topological polar surface area (TPSA) is 178 Å². The predicted molar refractivity (Wildman–Crippen MR) is 173 cm³/mol. The Morgan fingerprint density at radius 3 is 1.73 bits per heavy atom. The van der Waals surface area contributed by atoms with E-state index in [0.29, 0.717) is 17.3 Å². The van der Waals surface area contributed by atoms with Gasteiger partial charge in [0.05, 0.1) is 44.0 Å². The van der Waals surface area contributed by atoms with Crippen molar-refractivity contribution in [1.29, 1.82) is 10.5 Å². The van der Waals surface area contributed by atoms with Crippen LogP contribution in [0.25, 0.3) is 20.4 Å². The minimum atomic E-state index is -0.525. The number of nitrogen functional groups attached to an aromatic ring is 1. The van der Waals surface area contributed by atoms with Crippen LogP contribution in [0.3, 0.4) is 0 Å². The molecule has 0 spiro atoms. The zero-order valence-corrected chi connectivity index (χ0v) is 25.5. The lowest BCUT2D eigenvalue weighted by Crippen LogP contribution is -2.21. The molecule has 0 bridgehead atoms. The second-order valence-electron chi connectivity index (χ2n) is 9.65. The molecule has 0 saturated heterocycles. The number of likely N-dealkylation sites (N-methyl/N-ethyl adjacent to an activating group) is 1. The Bertz CT molecular complexity index is 1870. The highest BCUT2D eigenvalue weighted by Crippen LogP contribution is 2.32. The van der Waals surface area contributed by atoms with Crippen LogP contribution in [-0.4, -0.2) is 62.0 Å². The van der Waals surface area contributed by atoms with Gasteiger partial charge in [0.2, 0.25) is 11.9 Å². The van der Waals surface area contributed by atoms with Gasteiger partial charge in [-0.2, -0.15) is 10.5 Å². The third kappa shape index (κ3) is 7.26. The van der Waals surface area contributed by atoms with E-state index in [0.717, 1.165) is 43.5 Å². The van der Waals surface area contributed by atoms with Crippen molar-refractivity contribution in [2.45, 2.75) is 11.8 Å². The largest absolute Gasteiger partial charge is 0.353 e. The van der Waals surface area contributed by atoms with Gasteiger partial charge in [0.1, 0.15) is 21.9 Å². The van der Waals surface area contributed by atoms with Crippen LogP contribution in [0.1, 0.15) is 33.2 Å². The molecule has 14 heteroatoms. The minimum Gasteiger partial charge on any atom is -0.353 e. The molecule has 4 N–H and O–H groups in total. The van der Waals surface area contributed by atoms with Crippen molar-refractivity contribution in [1.82, 2.24) is 34.8 Å². The van der Waals surface area contributed by atoms with Crippen molar-refractivity contribution in [3.8, 4) is 12.1 Å². The van der Waals surface area contributed by atoms with Crippen LogP contribution in [0.2, 0.25) is 0 Å². The number of fused-ring (bicyclic) bond motifs is 2. The van der Waals surface area contributed by atoms with Crippen molar-refractivity contribution in [3.05, 3.63) is 94.5 Å². The number of para-hydroxylation sites is 2. The third-order valence-electron chi connectivity index (χ3n) is 6.29. The number of hydrogen-bond acceptors (Lipinski definition) is 14. The van der Waals surface area contributed by atoms with Gasteiger partial charge in [-0.15, -0.1) is 22.7 Å². The lowest BCUT2D eigenvalue weighted by molar-refractivity contribution is 0.425. The first kappa shape index (κ1) is 30.3. The van der Waals surface area contributed by atoms with Crippen molar-refractivity contribution in [3.63, 3.8) is 0 Å². The highest BCUT2D eigenvalue weighted by atomic mass is 32.1. The fourth-order valence-electron chi connectivity index (χ4n) is 4.14. The molecule has 0 aliphatic carbocycles. The molecule has 2 aromatic carbocycles. The maximum atomic E-state index is 9.63. The van der Waals surface area contributed by atoms with E-state index >= 15 is 0 Å². The Morgan fingerprint density at radius 1 is 0.750 bits per heavy atom. The second kappa shape index (κ2) is 14.4. The summed E-state index contributed by atoms with van der Waals surface area (Å²) in [7, 11) is 4.02. The van der Waals surface area contributed by atoms with E-state index in [4.69, 9.17) is 5.84 Å². The summed E-state index contributed by atoms with van der Waals surface area (Å²) in [5.74, 6) is 5.10. The van der Waals surface area contributed by atoms with E-state index in [1.807, 2.05) is 62.6 Å². The molecule has 4 aromatic heterocycles. The molecular formula is C30H28N12S2. The van der Waals surface area contributed by atoms with Gasteiger partial charge < -0.3 is 10.2 Å². The van der Waals surface area contributed by atoms with Gasteiger partial charge in [0.15, 0.2) is 0 Å². The van der Waals surface area contributed by atoms with Gasteiger partial charge >= 0.3 is 0 Å². The first-order valence-electron chi connectivity index (χ1n) is 13.5. The van der Waals surface area contributed by atoms with Crippen molar-refractivity contribution in [2.75, 3.05) is 37.9 Å². The molecule has 6 aromatic rings. The maximum Gasteiger partial charge on any atom is 0.237 e. The average Bonchev–Trinajstić information content (AvgIpc) is 3.67. The fraction of sp³-hybridized carbons (Fsp3) is 0.200. The Morgan fingerprint density at radius 2 is 1.25 bits per heavy atom. The molecule has 12 nitrogen and oxygen atoms in total. The van der Waals surface area contributed by atoms with Crippen LogP contribution in [0.15, 0.2) is 73.1 Å². The van der Waals surface area contributed by atoms with Gasteiger partial charge in [0.25, 0.3) is 0 Å². The molecule has 0 amide bonds. The molecule has 44 heavy (non-hydrogen) atoms. The molecular weight excluding hydrogens is 593 g/mol. The zero-order valence-electron chi connectivity index (χ0n) is 23.9. The number of nitrogens with zero attached hydrogens (tertiary/aromatic N) is 9. The normalized spacial score (nSPS) is 12.1. The van der Waals surface area contributed by atoms with Crippen LogP contribution in [0, 0.1) is 22.7 Å². The van der Waals surface area contributed by atoms with E-state index < -0.39 is 11.8 Å². The lowest BCUT2D eigenvalue weighted by Gasteiger charge is -2.11. The van der Waals surface area contributed by atoms with Crippen molar-refractivity contribution >= 4 is 55.0 Å². The molecule has 0 radical (unpaired) electrons. The summed E-state index contributed by atoms with van der Waals surface area (Å²) in [6, 6.07) is 23.7. The summed E-state index contributed by atoms with van der Waals surface area (Å²) in [4.78, 5) is 28.0. The van der Waals surface area contributed by atoms with Crippen molar-refractivity contribution in [2.24, 2.45) is 5.84 Å². The van der Waals surface area contributed by atoms with E-state index in [1.165, 1.54) is 22.7 Å². The van der Waals surface area contributed by atoms with Crippen LogP contribution in [-0.2, 0) is 0 Å². The molecule has 2 atom stereocenters. The SMILES string of the molecule is CN(C)CCNc1nccc(C(C#N)c2nc3ccccc3s2)n1.N#CC(c1ccnc(NN)n1)c1nc2ccccc2s1. The van der Waals surface area contributed by atoms with E-state index in [9.17, 15) is 10.5 Å². The molecule has 6 rings (SSSR count). The summed E-state index contributed by atoms with van der Waals surface area (Å²) >= 11 is 3.02. The fourth-order valence-corrected chi connectivity index (χ4v) is 6.19. The summed E-state index contributed by atoms with van der Waals surface area (Å²) < 4.78 is 2.13. The second-order valence-corrected chi connectivity index (χ2v) is 11.8. The van der Waals surface area contributed by atoms with Crippen molar-refractivity contribution < 1.29 is 0 Å². The monoisotopic (exact) mass is 620 g/mol. The zero-order chi connectivity index (χ0) is 30.9. The first-order chi connectivity index (χ1) is 21.5. The quantitative estimate of drug-likeness (QED) is 0.150. The molecule has 0 aliphatic heterocycles. The molecule has 0 aliphatic rings. The number of benzene rings is 2. The number of thiazole rings is 2. The van der Waals surface area contributed by atoms with Crippen LogP contribution < -0.4 is 16.6 Å². The van der Waals surface area contributed by atoms with Crippen LogP contribution in [0.5, 0.6) is 0 Å². The van der Waals surface area contributed by atoms with E-state index in [1.54, 1.807) is 24.5 Å². The van der Waals surface area contributed by atoms with E-state index in [-0.39, 0.29) is 5.95 Å². The number of nitrogens with two attached hydrogens (primary N) is 1. The van der Waals surface area contributed by atoms with Gasteiger partial charge in [-0.3, -0.25) is 5.43 Å². The standard InChI is InChI=1S/C17H18N6S.C13H10N6S/c1-23(2)10-9-20-17-19-8-7-13(22-17)12(11-18)16-21-14-5-3-4-6-15(14)24-16;14-7-8(9-5-6-16-13(18-9)19-15)12-17-10-3-1-2-4-11(10)20-12/h3-8,12H,9-10H2,1-2H3,(H,19,20,22);1-6,8H,15H2,(H,16,18,19). The third-order valence-corrected chi connectivity index (χ3v) is 8.49. The van der Waals surface area contributed by atoms with Gasteiger partial charge in [-0.25, -0.2) is 35.7 Å². The number of anilines is 2. The van der Waals surface area contributed by atoms with Gasteiger partial charge in [-0.1, -0.05) is 24.3 Å². The van der Waals surface area contributed by atoms with E-state index in [2.05, 4.69) is 57.7 Å². The lowest BCUT2D eigenvalue weighted by atomic mass is 10.1. The van der Waals surface area contributed by atoms with Crippen LogP contribution >= 0.6 is 22.7 Å². The maximum absolute atomic E-state index is 9.63. The summed E-state index contributed by atoms with van der Waals surface area (Å²) in [5.41, 5.74) is 5.42. The summed E-state index contributed by atoms with van der Waals surface area (Å²) in [6.45, 7) is 1.63. The Labute approximate surface area is 261 Å². The smallest absolute Gasteiger partial charge is 0.237 e. The first-order valence-corrected chi connectivity index (χ1v) is 15.1. The van der Waals surface area contributed by atoms with Gasteiger partial charge in [0, 0.05) is 25.5 Å². The number of rotatable bonds is 9. The molecule has 4 heterocycles. The minimum absolute atomic E-state index is 0.281. The molecule has 0 fully saturated rings. The highest BCUT2D eigenvalue weighted by molar-refractivity contribution is 7.19. The number of aromatic nitrogens is 6. The Hall–Kier alpha value is -5.12. The molecule has 220 valence electrons. The Balaban J connectivity index is 0.000000177. The number of nitrogens with one attached hydrogen (secondary N) is 2. The highest BCUT2D eigenvalue weighted by Gasteiger charge is 2.21. The Kier molecular flexibility index (Phi) is 9.91. The molecule has 2 unspecified atom stereocenters. The van der Waals surface area contributed by atoms with Crippen LogP contribution in [0.4, 0.5) is 11.9 Å². The number of hydrazine groups is 1. The molecule has 0 saturated carbocycles. The summed E-state index contributed by atoms with van der Waals surface area (Å²) in [5, 5.41) is 23.7. The summed E-state index contributed by atoms with van der Waals surface area (Å²) in [6.07, 6.45) is 3.24. The number of nitriles is 2. The van der Waals surface area contributed by atoms with Gasteiger partial charge in [-0.05, 0) is 50.5 Å². The number of hydrogen-bond donors (Lipinski definition) is 3.